The highest BCUT2D eigenvalue weighted by molar-refractivity contribution is 6.11. The molecule has 2 bridgehead atoms. The molecule has 2 fully saturated rings. The Labute approximate surface area is 178 Å². The largest absolute Gasteiger partial charge is 0.461 e. The van der Waals surface area contributed by atoms with Crippen molar-refractivity contribution in [3.8, 4) is 0 Å². The number of ether oxygens (including phenoxy) is 3. The second-order valence-corrected chi connectivity index (χ2v) is 8.34. The first-order valence-electron chi connectivity index (χ1n) is 10.7. The Morgan fingerprint density at radius 3 is 2.20 bits per heavy atom. The van der Waals surface area contributed by atoms with E-state index in [1.165, 1.54) is 0 Å². The van der Waals surface area contributed by atoms with Crippen molar-refractivity contribution in [2.24, 2.45) is 11.8 Å². The van der Waals surface area contributed by atoms with Crippen LogP contribution in [0.1, 0.15) is 36.8 Å². The minimum absolute atomic E-state index is 0.0731. The molecular formula is C24H27BO5. The Morgan fingerprint density at radius 2 is 1.57 bits per heavy atom. The zero-order chi connectivity index (χ0) is 21.0. The van der Waals surface area contributed by atoms with Crippen molar-refractivity contribution in [2.45, 2.75) is 50.5 Å². The quantitative estimate of drug-likeness (QED) is 0.523. The molecule has 6 heteroatoms. The smallest absolute Gasteiger partial charge is 0.312 e. The summed E-state index contributed by atoms with van der Waals surface area (Å²) in [5.41, 5.74) is 1.05. The van der Waals surface area contributed by atoms with E-state index in [1.54, 1.807) is 0 Å². The molecule has 4 rings (SSSR count). The average Bonchev–Trinajstić information content (AvgIpc) is 2.93. The summed E-state index contributed by atoms with van der Waals surface area (Å²) in [5.74, 6) is -0.976. The van der Waals surface area contributed by atoms with Crippen LogP contribution >= 0.6 is 0 Å². The zero-order valence-corrected chi connectivity index (χ0v) is 17.3. The van der Waals surface area contributed by atoms with Crippen molar-refractivity contribution in [2.75, 3.05) is 0 Å². The molecule has 30 heavy (non-hydrogen) atoms. The van der Waals surface area contributed by atoms with E-state index >= 15 is 0 Å². The summed E-state index contributed by atoms with van der Waals surface area (Å²) in [5, 5.41) is 0. The number of rotatable bonds is 7. The minimum atomic E-state index is -0.829. The number of hydrogen-bond acceptors (Lipinski definition) is 5. The van der Waals surface area contributed by atoms with Gasteiger partial charge in [0.1, 0.15) is 21.1 Å². The molecule has 2 aromatic carbocycles. The third-order valence-electron chi connectivity index (χ3n) is 6.32. The molecule has 4 atom stereocenters. The van der Waals surface area contributed by atoms with Crippen LogP contribution in [0.4, 0.5) is 0 Å². The van der Waals surface area contributed by atoms with Crippen molar-refractivity contribution < 1.29 is 23.8 Å². The predicted octanol–water partition coefficient (Wildman–Crippen LogP) is 3.01. The van der Waals surface area contributed by atoms with Gasteiger partial charge in [0.2, 0.25) is 0 Å². The van der Waals surface area contributed by atoms with Crippen LogP contribution in [0.3, 0.4) is 0 Å². The van der Waals surface area contributed by atoms with Gasteiger partial charge in [-0.3, -0.25) is 9.59 Å². The summed E-state index contributed by atoms with van der Waals surface area (Å²) in [6.07, 6.45) is 2.58. The van der Waals surface area contributed by atoms with Crippen LogP contribution in [-0.4, -0.2) is 31.4 Å². The van der Waals surface area contributed by atoms with Gasteiger partial charge in [-0.25, -0.2) is 0 Å². The van der Waals surface area contributed by atoms with Gasteiger partial charge in [-0.05, 0) is 29.9 Å². The van der Waals surface area contributed by atoms with Crippen molar-refractivity contribution in [3.63, 3.8) is 0 Å². The van der Waals surface area contributed by atoms with Crippen LogP contribution < -0.4 is 0 Å². The second-order valence-electron chi connectivity index (χ2n) is 8.34. The van der Waals surface area contributed by atoms with Crippen molar-refractivity contribution in [1.82, 2.24) is 0 Å². The molecular weight excluding hydrogens is 379 g/mol. The van der Waals surface area contributed by atoms with E-state index in [9.17, 15) is 9.59 Å². The van der Waals surface area contributed by atoms with Gasteiger partial charge in [0, 0.05) is 6.00 Å². The lowest BCUT2D eigenvalue weighted by Gasteiger charge is -2.37. The van der Waals surface area contributed by atoms with Gasteiger partial charge in [0.05, 0.1) is 17.9 Å². The molecule has 2 aliphatic rings. The molecule has 2 unspecified atom stereocenters. The van der Waals surface area contributed by atoms with Crippen LogP contribution in [0.5, 0.6) is 0 Å². The number of carbonyl (C=O) groups excluding carboxylic acids is 2. The van der Waals surface area contributed by atoms with E-state index in [-0.39, 0.29) is 43.5 Å². The highest BCUT2D eigenvalue weighted by atomic mass is 16.6. The molecule has 1 saturated carbocycles. The first kappa shape index (κ1) is 20.7. The number of fused-ring (bicyclic) bond motifs is 2. The van der Waals surface area contributed by atoms with Gasteiger partial charge in [0.25, 0.3) is 0 Å². The fraction of sp³-hybridized carbons (Fsp3) is 0.417. The SMILES string of the molecule is B[C@@H]1O[C@@]2(CC(=O)OCc3ccccc3)CCCC1C2C(=O)OCc1ccccc1. The van der Waals surface area contributed by atoms with Gasteiger partial charge < -0.3 is 14.2 Å². The summed E-state index contributed by atoms with van der Waals surface area (Å²) in [6.45, 7) is 0.448. The maximum atomic E-state index is 13.1. The van der Waals surface area contributed by atoms with Gasteiger partial charge in [-0.2, -0.15) is 0 Å². The summed E-state index contributed by atoms with van der Waals surface area (Å²) in [6, 6.07) is 19.1. The van der Waals surface area contributed by atoms with Crippen molar-refractivity contribution in [3.05, 3.63) is 71.8 Å². The number of benzene rings is 2. The molecule has 2 aromatic rings. The van der Waals surface area contributed by atoms with E-state index in [0.29, 0.717) is 6.42 Å². The van der Waals surface area contributed by atoms with Crippen LogP contribution in [0.25, 0.3) is 0 Å². The third kappa shape index (κ3) is 4.44. The molecule has 1 aliphatic carbocycles. The fourth-order valence-electron chi connectivity index (χ4n) is 4.93. The first-order chi connectivity index (χ1) is 14.6. The Morgan fingerprint density at radius 1 is 0.967 bits per heavy atom. The Balaban J connectivity index is 1.43. The van der Waals surface area contributed by atoms with Crippen molar-refractivity contribution in [1.29, 1.82) is 0 Å². The predicted molar refractivity (Wildman–Crippen MR) is 114 cm³/mol. The summed E-state index contributed by atoms with van der Waals surface area (Å²) < 4.78 is 17.4. The summed E-state index contributed by atoms with van der Waals surface area (Å²) in [4.78, 5) is 25.8. The van der Waals surface area contributed by atoms with Crippen molar-refractivity contribution >= 4 is 19.8 Å². The number of hydrogen-bond donors (Lipinski definition) is 0. The average molecular weight is 406 g/mol. The molecule has 1 saturated heterocycles. The summed E-state index contributed by atoms with van der Waals surface area (Å²) in [7, 11) is 1.99. The standard InChI is InChI=1S/C24H27BO5/c25-22-19-12-7-13-24(30-22,14-20(26)28-15-17-8-3-1-4-9-17)21(19)23(27)29-16-18-10-5-2-6-11-18/h1-6,8-11,19,21-22H,7,12-16,25H2/t19?,21?,22-,24-/m1/s1. The first-order valence-corrected chi connectivity index (χ1v) is 10.7. The van der Waals surface area contributed by atoms with Gasteiger partial charge >= 0.3 is 11.9 Å². The molecule has 156 valence electrons. The van der Waals surface area contributed by atoms with Gasteiger partial charge in [-0.15, -0.1) is 0 Å². The molecule has 0 aromatic heterocycles. The van der Waals surface area contributed by atoms with E-state index in [4.69, 9.17) is 14.2 Å². The normalized spacial score (nSPS) is 27.4. The molecule has 1 aliphatic heterocycles. The monoisotopic (exact) mass is 406 g/mol. The molecule has 0 radical (unpaired) electrons. The minimum Gasteiger partial charge on any atom is -0.461 e. The van der Waals surface area contributed by atoms with E-state index in [1.807, 2.05) is 68.5 Å². The zero-order valence-electron chi connectivity index (χ0n) is 17.3. The van der Waals surface area contributed by atoms with Gasteiger partial charge in [0.15, 0.2) is 0 Å². The van der Waals surface area contributed by atoms with E-state index in [2.05, 4.69) is 0 Å². The number of carbonyl (C=O) groups is 2. The molecule has 1 heterocycles. The lowest BCUT2D eigenvalue weighted by Crippen LogP contribution is -2.46. The number of esters is 2. The lowest BCUT2D eigenvalue weighted by molar-refractivity contribution is -0.166. The highest BCUT2D eigenvalue weighted by Crippen LogP contribution is 2.51. The van der Waals surface area contributed by atoms with Crippen LogP contribution in [-0.2, 0) is 37.0 Å². The fourth-order valence-corrected chi connectivity index (χ4v) is 4.93. The second kappa shape index (κ2) is 9.05. The van der Waals surface area contributed by atoms with E-state index in [0.717, 1.165) is 24.0 Å². The third-order valence-corrected chi connectivity index (χ3v) is 6.32. The Hall–Kier alpha value is -2.60. The van der Waals surface area contributed by atoms with Crippen LogP contribution in [0, 0.1) is 11.8 Å². The topological polar surface area (TPSA) is 61.8 Å². The molecule has 5 nitrogen and oxygen atoms in total. The van der Waals surface area contributed by atoms with Crippen LogP contribution in [0.2, 0.25) is 0 Å². The maximum absolute atomic E-state index is 13.1. The molecule has 0 spiro atoms. The molecule has 0 N–H and O–H groups in total. The van der Waals surface area contributed by atoms with Gasteiger partial charge in [-0.1, -0.05) is 67.1 Å². The van der Waals surface area contributed by atoms with E-state index < -0.39 is 11.5 Å². The lowest BCUT2D eigenvalue weighted by atomic mass is 9.66. The Kier molecular flexibility index (Phi) is 6.23. The summed E-state index contributed by atoms with van der Waals surface area (Å²) >= 11 is 0. The van der Waals surface area contributed by atoms with Crippen LogP contribution in [0.15, 0.2) is 60.7 Å². The highest BCUT2D eigenvalue weighted by Gasteiger charge is 2.59. The maximum Gasteiger partial charge on any atom is 0.312 e. The molecule has 0 amide bonds. The Bertz CT molecular complexity index is 872.